The number of fused-ring (bicyclic) bond motifs is 1. The van der Waals surface area contributed by atoms with Crippen LogP contribution in [-0.4, -0.2) is 50.2 Å². The third-order valence-corrected chi connectivity index (χ3v) is 8.28. The van der Waals surface area contributed by atoms with Gasteiger partial charge in [0.15, 0.2) is 0 Å². The van der Waals surface area contributed by atoms with Crippen molar-refractivity contribution in [2.75, 3.05) is 38.3 Å². The van der Waals surface area contributed by atoms with Crippen molar-refractivity contribution < 1.29 is 9.18 Å². The van der Waals surface area contributed by atoms with Gasteiger partial charge < -0.3 is 15.0 Å². The fraction of sp³-hybridized carbons (Fsp3) is 0.588. The molecule has 2 aliphatic carbocycles. The van der Waals surface area contributed by atoms with E-state index in [2.05, 4.69) is 35.0 Å². The van der Waals surface area contributed by atoms with Gasteiger partial charge in [-0.15, -0.1) is 0 Å². The summed E-state index contributed by atoms with van der Waals surface area (Å²) in [6.45, 7) is 9.63. The molecular weight excluding hydrogens is 567 g/mol. The molecule has 0 radical (unpaired) electrons. The highest BCUT2D eigenvalue weighted by Gasteiger charge is 2.41. The predicted octanol–water partition coefficient (Wildman–Crippen LogP) is 8.85. The first kappa shape index (κ1) is 37.9. The summed E-state index contributed by atoms with van der Waals surface area (Å²) in [6.07, 6.45) is 14.7. The molecule has 1 saturated heterocycles. The summed E-state index contributed by atoms with van der Waals surface area (Å²) < 4.78 is 16.1. The van der Waals surface area contributed by atoms with E-state index in [1.807, 2.05) is 24.3 Å². The van der Waals surface area contributed by atoms with E-state index >= 15 is 0 Å². The topological polar surface area (TPSA) is 68.2 Å². The first-order chi connectivity index (χ1) is 20.3. The molecule has 0 aromatic heterocycles. The average Bonchev–Trinajstić information content (AvgIpc) is 3.65. The van der Waals surface area contributed by atoms with Crippen LogP contribution in [0.3, 0.4) is 0 Å². The Balaban J connectivity index is 0.000000312. The number of rotatable bonds is 7. The number of carbonyl (C=O) groups excluding carboxylic acids is 1. The summed E-state index contributed by atoms with van der Waals surface area (Å²) in [4.78, 5) is 11.5. The molecule has 4 atom stereocenters. The quantitative estimate of drug-likeness (QED) is 0.239. The minimum atomic E-state index is -0.395. The Hall–Kier alpha value is -2.11. The lowest BCUT2D eigenvalue weighted by atomic mass is 9.86. The highest BCUT2D eigenvalue weighted by molar-refractivity contribution is 7.96. The van der Waals surface area contributed by atoms with Gasteiger partial charge in [-0.3, -0.25) is 4.72 Å². The van der Waals surface area contributed by atoms with Crippen LogP contribution in [0, 0.1) is 34.9 Å². The fourth-order valence-electron chi connectivity index (χ4n) is 5.28. The maximum Gasteiger partial charge on any atom is 0.143 e. The molecule has 0 amide bonds. The highest BCUT2D eigenvalue weighted by Crippen LogP contribution is 2.52. The Kier molecular flexibility index (Phi) is 21.1. The predicted molar refractivity (Wildman–Crippen MR) is 179 cm³/mol. The molecule has 3 aliphatic rings. The lowest BCUT2D eigenvalue weighted by Gasteiger charge is -2.22. The number of carbonyl (C=O) groups is 1. The molecule has 2 aromatic rings. The number of nitriles is 1. The van der Waals surface area contributed by atoms with Crippen LogP contribution in [0.5, 0.6) is 0 Å². The van der Waals surface area contributed by atoms with Gasteiger partial charge in [-0.05, 0) is 113 Å². The number of halogens is 2. The van der Waals surface area contributed by atoms with Gasteiger partial charge >= 0.3 is 0 Å². The molecule has 5 rings (SSSR count). The van der Waals surface area contributed by atoms with E-state index in [4.69, 9.17) is 21.7 Å². The van der Waals surface area contributed by atoms with E-state index in [-0.39, 0.29) is 5.02 Å². The number of benzene rings is 2. The SMILES string of the molecule is CC=O.CCC.CNc1ccc(Cl)c(F)c1.CSNC1CCN(CCC[C@@H]2CCC3CC3C2)C1.N#Cc1ccccc1. The molecule has 3 fully saturated rings. The van der Waals surface area contributed by atoms with Crippen LogP contribution >= 0.6 is 23.5 Å². The average molecular weight is 619 g/mol. The van der Waals surface area contributed by atoms with E-state index in [1.165, 1.54) is 76.7 Å². The van der Waals surface area contributed by atoms with Crippen LogP contribution in [0.1, 0.15) is 77.7 Å². The largest absolute Gasteiger partial charge is 0.388 e. The van der Waals surface area contributed by atoms with E-state index in [9.17, 15) is 4.39 Å². The summed E-state index contributed by atoms with van der Waals surface area (Å²) in [6, 6.07) is 16.5. The number of anilines is 1. The molecular formula is C34H52ClFN4OS. The Morgan fingerprint density at radius 1 is 1.12 bits per heavy atom. The smallest absolute Gasteiger partial charge is 0.143 e. The molecule has 2 saturated carbocycles. The normalized spacial score (nSPS) is 21.6. The Morgan fingerprint density at radius 3 is 2.36 bits per heavy atom. The van der Waals surface area contributed by atoms with Gasteiger partial charge in [0, 0.05) is 25.3 Å². The third kappa shape index (κ3) is 16.5. The van der Waals surface area contributed by atoms with E-state index in [0.717, 1.165) is 29.9 Å². The van der Waals surface area contributed by atoms with Gasteiger partial charge in [0.2, 0.25) is 0 Å². The molecule has 1 aliphatic heterocycles. The molecule has 0 spiro atoms. The molecule has 3 unspecified atom stereocenters. The first-order valence-corrected chi connectivity index (χ1v) is 16.9. The number of aldehydes is 1. The lowest BCUT2D eigenvalue weighted by molar-refractivity contribution is -0.106. The molecule has 2 N–H and O–H groups in total. The maximum absolute atomic E-state index is 12.6. The van der Waals surface area contributed by atoms with Crippen LogP contribution in [0.15, 0.2) is 48.5 Å². The van der Waals surface area contributed by atoms with Gasteiger partial charge in [0.05, 0.1) is 16.7 Å². The summed E-state index contributed by atoms with van der Waals surface area (Å²) in [5.74, 6) is 3.01. The third-order valence-electron chi connectivity index (χ3n) is 7.41. The maximum atomic E-state index is 12.6. The Bertz CT molecular complexity index is 1020. The molecule has 2 aromatic carbocycles. The second-order valence-corrected chi connectivity index (χ2v) is 12.0. The van der Waals surface area contributed by atoms with Crippen molar-refractivity contribution >= 4 is 35.5 Å². The zero-order chi connectivity index (χ0) is 31.2. The van der Waals surface area contributed by atoms with Crippen LogP contribution in [-0.2, 0) is 4.79 Å². The van der Waals surface area contributed by atoms with E-state index in [0.29, 0.717) is 5.56 Å². The van der Waals surface area contributed by atoms with Gasteiger partial charge in [-0.1, -0.05) is 68.4 Å². The number of hydrogen-bond donors (Lipinski definition) is 2. The molecule has 8 heteroatoms. The Labute approximate surface area is 264 Å². The van der Waals surface area contributed by atoms with Crippen molar-refractivity contribution in [2.45, 2.75) is 78.2 Å². The monoisotopic (exact) mass is 618 g/mol. The number of hydrogen-bond acceptors (Lipinski definition) is 6. The molecule has 234 valence electrons. The number of likely N-dealkylation sites (tertiary alicyclic amines) is 1. The second-order valence-electron chi connectivity index (χ2n) is 11.0. The fourth-order valence-corrected chi connectivity index (χ4v) is 5.92. The summed E-state index contributed by atoms with van der Waals surface area (Å²) >= 11 is 7.21. The number of nitrogens with zero attached hydrogens (tertiary/aromatic N) is 2. The van der Waals surface area contributed by atoms with Crippen molar-refractivity contribution in [1.29, 1.82) is 5.26 Å². The zero-order valence-electron chi connectivity index (χ0n) is 26.3. The van der Waals surface area contributed by atoms with Gasteiger partial charge in [-0.25, -0.2) is 4.39 Å². The minimum absolute atomic E-state index is 0.152. The van der Waals surface area contributed by atoms with Crippen molar-refractivity contribution in [3.63, 3.8) is 0 Å². The van der Waals surface area contributed by atoms with Crippen molar-refractivity contribution in [2.24, 2.45) is 17.8 Å². The van der Waals surface area contributed by atoms with Gasteiger partial charge in [0.1, 0.15) is 12.1 Å². The molecule has 1 heterocycles. The lowest BCUT2D eigenvalue weighted by Crippen LogP contribution is -2.29. The van der Waals surface area contributed by atoms with Crippen LogP contribution in [0.25, 0.3) is 0 Å². The molecule has 0 bridgehead atoms. The van der Waals surface area contributed by atoms with E-state index < -0.39 is 5.82 Å². The van der Waals surface area contributed by atoms with Crippen LogP contribution < -0.4 is 10.0 Å². The molecule has 42 heavy (non-hydrogen) atoms. The number of nitrogens with one attached hydrogen (secondary N) is 2. The zero-order valence-corrected chi connectivity index (χ0v) is 27.8. The first-order valence-electron chi connectivity index (χ1n) is 15.3. The standard InChI is InChI=1S/C15H28N2S.C7H7ClFN.C7H5N.C3H8.C2H4O/c1-18-16-15-6-8-17(11-15)7-2-3-12-4-5-13-10-14(13)9-12;1-10-5-2-3-6(8)7(9)4-5;8-6-7-4-2-1-3-5-7;1-3-2;1-2-3/h12-16H,2-11H2,1H3;2-4,10H,1H3;1-5H;3H2,1-2H3;2H,1H3/t12-,13?,14?,15?;;;;/m1..../s1. The summed E-state index contributed by atoms with van der Waals surface area (Å²) in [7, 11) is 1.72. The minimum Gasteiger partial charge on any atom is -0.388 e. The highest BCUT2D eigenvalue weighted by atomic mass is 35.5. The van der Waals surface area contributed by atoms with Crippen LogP contribution in [0.4, 0.5) is 10.1 Å². The summed E-state index contributed by atoms with van der Waals surface area (Å²) in [5, 5.41) is 11.2. The van der Waals surface area contributed by atoms with Crippen molar-refractivity contribution in [1.82, 2.24) is 9.62 Å². The summed E-state index contributed by atoms with van der Waals surface area (Å²) in [5.41, 5.74) is 1.44. The second kappa shape index (κ2) is 23.4. The van der Waals surface area contributed by atoms with Gasteiger partial charge in [0.25, 0.3) is 0 Å². The van der Waals surface area contributed by atoms with Crippen LogP contribution in [0.2, 0.25) is 5.02 Å². The van der Waals surface area contributed by atoms with Crippen molar-refractivity contribution in [3.05, 3.63) is 64.9 Å². The molecule has 5 nitrogen and oxygen atoms in total. The van der Waals surface area contributed by atoms with Crippen molar-refractivity contribution in [3.8, 4) is 6.07 Å². The van der Waals surface area contributed by atoms with Gasteiger partial charge in [-0.2, -0.15) is 5.26 Å². The van der Waals surface area contributed by atoms with E-state index in [1.54, 1.807) is 56.5 Å². The Morgan fingerprint density at radius 2 is 1.81 bits per heavy atom.